The van der Waals surface area contributed by atoms with Gasteiger partial charge in [0.05, 0.1) is 11.5 Å². The van der Waals surface area contributed by atoms with Gasteiger partial charge in [0.1, 0.15) is 17.8 Å². The summed E-state index contributed by atoms with van der Waals surface area (Å²) in [5.74, 6) is 0.928. The molecule has 3 rings (SSSR count). The van der Waals surface area contributed by atoms with E-state index in [0.29, 0.717) is 19.4 Å². The van der Waals surface area contributed by atoms with Crippen molar-refractivity contribution in [1.82, 2.24) is 20.0 Å². The van der Waals surface area contributed by atoms with Crippen LogP contribution < -0.4 is 5.43 Å². The molecule has 0 amide bonds. The molecule has 0 saturated carbocycles. The van der Waals surface area contributed by atoms with Crippen LogP contribution in [0.25, 0.3) is 11.0 Å². The van der Waals surface area contributed by atoms with Crippen molar-refractivity contribution in [2.75, 3.05) is 18.5 Å². The van der Waals surface area contributed by atoms with Crippen LogP contribution in [-0.4, -0.2) is 38.8 Å². The fourth-order valence-electron chi connectivity index (χ4n) is 2.84. The van der Waals surface area contributed by atoms with E-state index in [9.17, 15) is 4.79 Å². The number of nitriles is 1. The topological polar surface area (TPSA) is 97.7 Å². The number of anilines is 1. The number of nitrogens with zero attached hydrogens (tertiary/aromatic N) is 4. The maximum absolute atomic E-state index is 12.1. The van der Waals surface area contributed by atoms with Crippen molar-refractivity contribution in [3.05, 3.63) is 18.6 Å². The third-order valence-corrected chi connectivity index (χ3v) is 3.98. The first-order valence-electron chi connectivity index (χ1n) is 7.47. The summed E-state index contributed by atoms with van der Waals surface area (Å²) in [5.41, 5.74) is 4.08. The number of hydrogen-bond donors (Lipinski definition) is 2. The van der Waals surface area contributed by atoms with Gasteiger partial charge in [0.25, 0.3) is 0 Å². The molecule has 1 saturated heterocycles. The van der Waals surface area contributed by atoms with Crippen LogP contribution in [0.4, 0.5) is 5.82 Å². The Morgan fingerprint density at radius 1 is 1.55 bits per heavy atom. The number of ketones is 1. The Morgan fingerprint density at radius 2 is 2.45 bits per heavy atom. The highest BCUT2D eigenvalue weighted by Crippen LogP contribution is 2.22. The second-order valence-corrected chi connectivity index (χ2v) is 5.48. The summed E-state index contributed by atoms with van der Waals surface area (Å²) in [6, 6.07) is 3.96. The van der Waals surface area contributed by atoms with Gasteiger partial charge in [-0.25, -0.2) is 15.0 Å². The molecule has 0 spiro atoms. The second-order valence-electron chi connectivity index (χ2n) is 5.48. The zero-order valence-corrected chi connectivity index (χ0v) is 12.2. The maximum Gasteiger partial charge on any atom is 0.153 e. The number of carbonyl (C=O) groups excluding carboxylic acids is 1. The Morgan fingerprint density at radius 3 is 3.32 bits per heavy atom. The highest BCUT2D eigenvalue weighted by Gasteiger charge is 2.25. The number of hydrogen-bond acceptors (Lipinski definition) is 6. The molecule has 0 aromatic carbocycles. The number of piperidine rings is 1. The lowest BCUT2D eigenvalue weighted by molar-refractivity contribution is -0.124. The molecule has 2 N–H and O–H groups in total. The van der Waals surface area contributed by atoms with Crippen LogP contribution in [0, 0.1) is 17.2 Å². The number of Topliss-reactive ketones (excluding diaryl/α,β-unsaturated/α-hetero) is 1. The first-order chi connectivity index (χ1) is 10.8. The van der Waals surface area contributed by atoms with Crippen molar-refractivity contribution < 1.29 is 4.79 Å². The van der Waals surface area contributed by atoms with Gasteiger partial charge in [-0.3, -0.25) is 4.79 Å². The number of carbonyl (C=O) groups is 1. The molecule has 2 aromatic rings. The van der Waals surface area contributed by atoms with Gasteiger partial charge in [-0.05, 0) is 18.9 Å². The van der Waals surface area contributed by atoms with Crippen LogP contribution in [0.3, 0.4) is 0 Å². The second kappa shape index (κ2) is 6.54. The molecule has 7 nitrogen and oxygen atoms in total. The van der Waals surface area contributed by atoms with Crippen molar-refractivity contribution in [3.63, 3.8) is 0 Å². The van der Waals surface area contributed by atoms with Crippen LogP contribution in [0.15, 0.2) is 18.6 Å². The Labute approximate surface area is 128 Å². The number of nitrogens with one attached hydrogen (secondary N) is 2. The Hall–Kier alpha value is -2.46. The minimum atomic E-state index is -0.00171. The Bertz CT molecular complexity index is 703. The first-order valence-corrected chi connectivity index (χ1v) is 7.47. The average Bonchev–Trinajstić information content (AvgIpc) is 3.02. The largest absolute Gasteiger partial charge is 0.346 e. The van der Waals surface area contributed by atoms with Crippen LogP contribution in [0.1, 0.15) is 25.7 Å². The summed E-state index contributed by atoms with van der Waals surface area (Å²) in [4.78, 5) is 23.6. The van der Waals surface area contributed by atoms with Crippen molar-refractivity contribution in [2.45, 2.75) is 25.7 Å². The average molecular weight is 298 g/mol. The monoisotopic (exact) mass is 298 g/mol. The van der Waals surface area contributed by atoms with E-state index in [4.69, 9.17) is 5.26 Å². The highest BCUT2D eigenvalue weighted by molar-refractivity contribution is 5.86. The van der Waals surface area contributed by atoms with E-state index in [2.05, 4.69) is 20.4 Å². The fourth-order valence-corrected chi connectivity index (χ4v) is 2.84. The van der Waals surface area contributed by atoms with Gasteiger partial charge in [-0.1, -0.05) is 0 Å². The molecular weight excluding hydrogens is 280 g/mol. The van der Waals surface area contributed by atoms with Crippen LogP contribution >= 0.6 is 0 Å². The summed E-state index contributed by atoms with van der Waals surface area (Å²) in [7, 11) is 0. The molecule has 7 heteroatoms. The molecule has 0 aliphatic carbocycles. The molecule has 0 bridgehead atoms. The van der Waals surface area contributed by atoms with Gasteiger partial charge in [-0.15, -0.1) is 0 Å². The van der Waals surface area contributed by atoms with Crippen LogP contribution in [0.2, 0.25) is 0 Å². The van der Waals surface area contributed by atoms with Crippen molar-refractivity contribution in [2.24, 2.45) is 5.92 Å². The molecule has 3 heterocycles. The number of aromatic amines is 1. The van der Waals surface area contributed by atoms with E-state index in [1.807, 2.05) is 23.3 Å². The van der Waals surface area contributed by atoms with E-state index >= 15 is 0 Å². The zero-order valence-electron chi connectivity index (χ0n) is 12.2. The molecule has 22 heavy (non-hydrogen) atoms. The molecule has 1 unspecified atom stereocenters. The predicted octanol–water partition coefficient (Wildman–Crippen LogP) is 1.87. The Kier molecular flexibility index (Phi) is 4.30. The molecule has 2 aromatic heterocycles. The molecule has 0 radical (unpaired) electrons. The van der Waals surface area contributed by atoms with E-state index in [1.165, 1.54) is 6.33 Å². The van der Waals surface area contributed by atoms with Gasteiger partial charge in [0.15, 0.2) is 5.82 Å². The highest BCUT2D eigenvalue weighted by atomic mass is 16.1. The third kappa shape index (κ3) is 3.07. The van der Waals surface area contributed by atoms with Crippen molar-refractivity contribution in [3.8, 4) is 6.07 Å². The molecule has 1 aliphatic heterocycles. The number of aromatic nitrogens is 3. The SMILES string of the molecule is N#CCCC(=O)C1CCCN(Nc2ncnc3[nH]ccc23)C1. The standard InChI is InChI=1S/C15H18N6O/c16-6-1-4-13(22)11-3-2-8-21(9-11)20-15-12-5-7-17-14(12)18-10-19-15/h5,7,10-11H,1-4,8-9H2,(H2,17,18,19,20). The molecule has 1 aliphatic rings. The van der Waals surface area contributed by atoms with E-state index in [1.54, 1.807) is 0 Å². The molecule has 114 valence electrons. The summed E-state index contributed by atoms with van der Waals surface area (Å²) in [5, 5.41) is 11.6. The fraction of sp³-hybridized carbons (Fsp3) is 0.467. The predicted molar refractivity (Wildman–Crippen MR) is 81.7 cm³/mol. The number of H-pyrrole nitrogens is 1. The summed E-state index contributed by atoms with van der Waals surface area (Å²) >= 11 is 0. The smallest absolute Gasteiger partial charge is 0.153 e. The lowest BCUT2D eigenvalue weighted by Gasteiger charge is -2.32. The first kappa shape index (κ1) is 14.5. The van der Waals surface area contributed by atoms with Crippen LogP contribution in [-0.2, 0) is 4.79 Å². The maximum atomic E-state index is 12.1. The lowest BCUT2D eigenvalue weighted by Crippen LogP contribution is -2.42. The summed E-state index contributed by atoms with van der Waals surface area (Å²) in [6.07, 6.45) is 5.85. The molecule has 1 atom stereocenters. The van der Waals surface area contributed by atoms with Gasteiger partial charge < -0.3 is 10.4 Å². The molecular formula is C15H18N6O. The van der Waals surface area contributed by atoms with Gasteiger partial charge in [0.2, 0.25) is 0 Å². The van der Waals surface area contributed by atoms with E-state index < -0.39 is 0 Å². The quantitative estimate of drug-likeness (QED) is 0.874. The van der Waals surface area contributed by atoms with Gasteiger partial charge in [0, 0.05) is 38.0 Å². The number of fused-ring (bicyclic) bond motifs is 1. The number of rotatable bonds is 5. The van der Waals surface area contributed by atoms with Crippen molar-refractivity contribution >= 4 is 22.6 Å². The number of hydrazine groups is 1. The molecule has 1 fully saturated rings. The Balaban J connectivity index is 1.66. The van der Waals surface area contributed by atoms with Gasteiger partial charge in [-0.2, -0.15) is 5.26 Å². The summed E-state index contributed by atoms with van der Waals surface area (Å²) in [6.45, 7) is 1.53. The third-order valence-electron chi connectivity index (χ3n) is 3.98. The van der Waals surface area contributed by atoms with Gasteiger partial charge >= 0.3 is 0 Å². The van der Waals surface area contributed by atoms with E-state index in [0.717, 1.165) is 36.2 Å². The van der Waals surface area contributed by atoms with E-state index in [-0.39, 0.29) is 11.7 Å². The zero-order chi connectivity index (χ0) is 15.4. The van der Waals surface area contributed by atoms with Crippen LogP contribution in [0.5, 0.6) is 0 Å². The minimum Gasteiger partial charge on any atom is -0.346 e. The lowest BCUT2D eigenvalue weighted by atomic mass is 9.92. The van der Waals surface area contributed by atoms with Crippen molar-refractivity contribution in [1.29, 1.82) is 5.26 Å². The normalized spacial score (nSPS) is 19.0. The minimum absolute atomic E-state index is 0.00171. The summed E-state index contributed by atoms with van der Waals surface area (Å²) < 4.78 is 0.